The van der Waals surface area contributed by atoms with Gasteiger partial charge in [0.05, 0.1) is 16.3 Å². The first-order valence-corrected chi connectivity index (χ1v) is 6.56. The van der Waals surface area contributed by atoms with Crippen molar-refractivity contribution in [3.8, 4) is 6.07 Å². The van der Waals surface area contributed by atoms with Crippen LogP contribution in [-0.2, 0) is 4.79 Å². The molecule has 1 aromatic rings. The van der Waals surface area contributed by atoms with E-state index in [1.807, 2.05) is 19.9 Å². The summed E-state index contributed by atoms with van der Waals surface area (Å²) in [6, 6.07) is 6.81. The summed E-state index contributed by atoms with van der Waals surface area (Å²) in [6.07, 6.45) is 0. The molecule has 90 valence electrons. The summed E-state index contributed by atoms with van der Waals surface area (Å²) in [5, 5.41) is 12.2. The quantitative estimate of drug-likeness (QED) is 0.912. The summed E-state index contributed by atoms with van der Waals surface area (Å²) >= 11 is 7.43. The first kappa shape index (κ1) is 13.9. The van der Waals surface area contributed by atoms with Gasteiger partial charge >= 0.3 is 0 Å². The van der Waals surface area contributed by atoms with Crippen LogP contribution < -0.4 is 5.32 Å². The third-order valence-corrected chi connectivity index (χ3v) is 3.33. The predicted molar refractivity (Wildman–Crippen MR) is 72.4 cm³/mol. The van der Waals surface area contributed by atoms with E-state index in [0.717, 1.165) is 0 Å². The van der Waals surface area contributed by atoms with E-state index in [1.165, 1.54) is 0 Å². The number of carbonyl (C=O) groups is 1. The lowest BCUT2D eigenvalue weighted by Crippen LogP contribution is -2.15. The third kappa shape index (κ3) is 4.68. The Hall–Kier alpha value is -1.18. The van der Waals surface area contributed by atoms with Crippen molar-refractivity contribution in [2.24, 2.45) is 0 Å². The van der Waals surface area contributed by atoms with Gasteiger partial charge < -0.3 is 5.32 Å². The minimum atomic E-state index is -0.0653. The zero-order valence-electron chi connectivity index (χ0n) is 9.66. The number of nitrogens with one attached hydrogen (secondary N) is 1. The molecule has 0 aliphatic rings. The molecule has 0 bridgehead atoms. The van der Waals surface area contributed by atoms with Crippen LogP contribution in [0.15, 0.2) is 18.2 Å². The van der Waals surface area contributed by atoms with Crippen molar-refractivity contribution < 1.29 is 4.79 Å². The second-order valence-electron chi connectivity index (χ2n) is 3.71. The maximum atomic E-state index is 11.5. The highest BCUT2D eigenvalue weighted by atomic mass is 35.5. The molecule has 0 heterocycles. The van der Waals surface area contributed by atoms with Crippen LogP contribution in [0, 0.1) is 11.3 Å². The molecule has 0 aliphatic heterocycles. The number of hydrogen-bond acceptors (Lipinski definition) is 3. The number of nitrogens with zero attached hydrogens (tertiary/aromatic N) is 1. The maximum Gasteiger partial charge on any atom is 0.234 e. The van der Waals surface area contributed by atoms with Crippen molar-refractivity contribution in [3.05, 3.63) is 28.8 Å². The number of halogens is 1. The molecule has 0 saturated carbocycles. The number of nitriles is 1. The number of anilines is 1. The first-order chi connectivity index (χ1) is 8.02. The summed E-state index contributed by atoms with van der Waals surface area (Å²) < 4.78 is 0. The maximum absolute atomic E-state index is 11.5. The second kappa shape index (κ2) is 6.53. The van der Waals surface area contributed by atoms with Crippen LogP contribution in [0.25, 0.3) is 0 Å². The van der Waals surface area contributed by atoms with Gasteiger partial charge in [-0.3, -0.25) is 4.79 Å². The number of benzene rings is 1. The van der Waals surface area contributed by atoms with Crippen molar-refractivity contribution in [1.29, 1.82) is 5.26 Å². The summed E-state index contributed by atoms with van der Waals surface area (Å²) in [5.74, 6) is 0.347. The highest BCUT2D eigenvalue weighted by Crippen LogP contribution is 2.20. The van der Waals surface area contributed by atoms with Crippen LogP contribution in [0.1, 0.15) is 19.4 Å². The molecule has 17 heavy (non-hydrogen) atoms. The number of rotatable bonds is 4. The standard InChI is InChI=1S/C12H13ClN2OS/c1-8(2)17-7-12(16)15-10-4-3-9(6-14)11(13)5-10/h3-5,8H,7H2,1-2H3,(H,15,16). The van der Waals surface area contributed by atoms with E-state index in [4.69, 9.17) is 16.9 Å². The van der Waals surface area contributed by atoms with Crippen LogP contribution in [-0.4, -0.2) is 16.9 Å². The van der Waals surface area contributed by atoms with Gasteiger partial charge in [0.2, 0.25) is 5.91 Å². The zero-order valence-corrected chi connectivity index (χ0v) is 11.2. The SMILES string of the molecule is CC(C)SCC(=O)Nc1ccc(C#N)c(Cl)c1. The molecule has 0 atom stereocenters. The normalized spacial score (nSPS) is 10.1. The van der Waals surface area contributed by atoms with E-state index in [2.05, 4.69) is 5.32 Å². The van der Waals surface area contributed by atoms with Crippen molar-refractivity contribution >= 4 is 35.0 Å². The molecule has 0 aliphatic carbocycles. The van der Waals surface area contributed by atoms with Crippen molar-refractivity contribution in [2.45, 2.75) is 19.1 Å². The Bertz CT molecular complexity index is 454. The summed E-state index contributed by atoms with van der Waals surface area (Å²) in [5.41, 5.74) is 1.02. The Kier molecular flexibility index (Phi) is 5.33. The van der Waals surface area contributed by atoms with E-state index in [0.29, 0.717) is 27.3 Å². The zero-order chi connectivity index (χ0) is 12.8. The molecular formula is C12H13ClN2OS. The van der Waals surface area contributed by atoms with Crippen molar-refractivity contribution in [1.82, 2.24) is 0 Å². The fourth-order valence-corrected chi connectivity index (χ4v) is 1.90. The summed E-state index contributed by atoms with van der Waals surface area (Å²) in [4.78, 5) is 11.5. The van der Waals surface area contributed by atoms with Crippen molar-refractivity contribution in [2.75, 3.05) is 11.1 Å². The Morgan fingerprint density at radius 1 is 1.59 bits per heavy atom. The van der Waals surface area contributed by atoms with Gasteiger partial charge in [-0.05, 0) is 23.4 Å². The van der Waals surface area contributed by atoms with Gasteiger partial charge in [-0.1, -0.05) is 25.4 Å². The molecule has 0 spiro atoms. The average molecular weight is 269 g/mol. The molecule has 1 rings (SSSR count). The van der Waals surface area contributed by atoms with Gasteiger partial charge in [0, 0.05) is 5.69 Å². The van der Waals surface area contributed by atoms with E-state index in [1.54, 1.807) is 30.0 Å². The fraction of sp³-hybridized carbons (Fsp3) is 0.333. The molecule has 1 amide bonds. The molecule has 5 heteroatoms. The van der Waals surface area contributed by atoms with Gasteiger partial charge in [-0.2, -0.15) is 5.26 Å². The molecule has 0 fully saturated rings. The molecule has 0 radical (unpaired) electrons. The molecule has 0 saturated heterocycles. The van der Waals surface area contributed by atoms with Crippen LogP contribution in [0.5, 0.6) is 0 Å². The highest BCUT2D eigenvalue weighted by Gasteiger charge is 2.06. The highest BCUT2D eigenvalue weighted by molar-refractivity contribution is 8.00. The first-order valence-electron chi connectivity index (χ1n) is 5.14. The van der Waals surface area contributed by atoms with Crippen LogP contribution in [0.3, 0.4) is 0 Å². The summed E-state index contributed by atoms with van der Waals surface area (Å²) in [6.45, 7) is 4.08. The van der Waals surface area contributed by atoms with Crippen LogP contribution >= 0.6 is 23.4 Å². The van der Waals surface area contributed by atoms with E-state index >= 15 is 0 Å². The fourth-order valence-electron chi connectivity index (χ4n) is 1.12. The number of hydrogen-bond donors (Lipinski definition) is 1. The molecule has 0 unspecified atom stereocenters. The van der Waals surface area contributed by atoms with E-state index < -0.39 is 0 Å². The number of carbonyl (C=O) groups excluding carboxylic acids is 1. The van der Waals surface area contributed by atoms with Gasteiger partial charge in [0.25, 0.3) is 0 Å². The van der Waals surface area contributed by atoms with Crippen LogP contribution in [0.2, 0.25) is 5.02 Å². The predicted octanol–water partition coefficient (Wildman–Crippen LogP) is 3.29. The van der Waals surface area contributed by atoms with Gasteiger partial charge in [-0.15, -0.1) is 11.8 Å². The molecular weight excluding hydrogens is 256 g/mol. The summed E-state index contributed by atoms with van der Waals surface area (Å²) in [7, 11) is 0. The molecule has 1 N–H and O–H groups in total. The smallest absolute Gasteiger partial charge is 0.234 e. The Morgan fingerprint density at radius 3 is 2.82 bits per heavy atom. The molecule has 1 aromatic carbocycles. The van der Waals surface area contributed by atoms with E-state index in [-0.39, 0.29) is 5.91 Å². The third-order valence-electron chi connectivity index (χ3n) is 1.92. The Balaban J connectivity index is 2.61. The van der Waals surface area contributed by atoms with Crippen molar-refractivity contribution in [3.63, 3.8) is 0 Å². The Morgan fingerprint density at radius 2 is 2.29 bits per heavy atom. The molecule has 0 aromatic heterocycles. The lowest BCUT2D eigenvalue weighted by Gasteiger charge is -2.07. The average Bonchev–Trinajstić information content (AvgIpc) is 2.26. The van der Waals surface area contributed by atoms with Gasteiger partial charge in [0.1, 0.15) is 6.07 Å². The minimum absolute atomic E-state index is 0.0653. The number of thioether (sulfide) groups is 1. The molecule has 3 nitrogen and oxygen atoms in total. The largest absolute Gasteiger partial charge is 0.325 e. The van der Waals surface area contributed by atoms with Crippen LogP contribution in [0.4, 0.5) is 5.69 Å². The lowest BCUT2D eigenvalue weighted by molar-refractivity contribution is -0.113. The monoisotopic (exact) mass is 268 g/mol. The topological polar surface area (TPSA) is 52.9 Å². The second-order valence-corrected chi connectivity index (χ2v) is 5.69. The minimum Gasteiger partial charge on any atom is -0.325 e. The lowest BCUT2D eigenvalue weighted by atomic mass is 10.2. The van der Waals surface area contributed by atoms with E-state index in [9.17, 15) is 4.79 Å². The van der Waals surface area contributed by atoms with Gasteiger partial charge in [-0.25, -0.2) is 0 Å². The van der Waals surface area contributed by atoms with Gasteiger partial charge in [0.15, 0.2) is 0 Å². The number of amides is 1. The Labute approximate surface area is 110 Å².